The highest BCUT2D eigenvalue weighted by Gasteiger charge is 2.43. The standard InChI is InChI=1S/C17H22O4/c1-2-17(10-8-14(9-11-17)15(18)19)16(20)21-12-13-6-4-3-5-7-13/h3-7,14H,2,8-12H2,1H3,(H,18,19)/t14-,17+. The number of carboxylic acid groups (broad SMARTS) is 1. The van der Waals surface area contributed by atoms with Gasteiger partial charge in [-0.05, 0) is 37.7 Å². The minimum Gasteiger partial charge on any atom is -0.481 e. The first-order valence-electron chi connectivity index (χ1n) is 7.51. The van der Waals surface area contributed by atoms with Crippen molar-refractivity contribution in [3.63, 3.8) is 0 Å². The fourth-order valence-corrected chi connectivity index (χ4v) is 3.00. The maximum Gasteiger partial charge on any atom is 0.312 e. The smallest absolute Gasteiger partial charge is 0.312 e. The molecule has 1 aliphatic carbocycles. The Morgan fingerprint density at radius 1 is 1.24 bits per heavy atom. The van der Waals surface area contributed by atoms with E-state index < -0.39 is 11.4 Å². The predicted octanol–water partition coefficient (Wildman–Crippen LogP) is 3.40. The van der Waals surface area contributed by atoms with E-state index in [-0.39, 0.29) is 18.5 Å². The van der Waals surface area contributed by atoms with Gasteiger partial charge in [-0.2, -0.15) is 0 Å². The van der Waals surface area contributed by atoms with Gasteiger partial charge in [-0.15, -0.1) is 0 Å². The molecule has 0 unspecified atom stereocenters. The Balaban J connectivity index is 1.94. The molecule has 21 heavy (non-hydrogen) atoms. The summed E-state index contributed by atoms with van der Waals surface area (Å²) in [5.74, 6) is -1.25. The van der Waals surface area contributed by atoms with E-state index in [2.05, 4.69) is 0 Å². The Bertz CT molecular complexity index is 487. The summed E-state index contributed by atoms with van der Waals surface area (Å²) in [6, 6.07) is 9.60. The van der Waals surface area contributed by atoms with Crippen molar-refractivity contribution >= 4 is 11.9 Å². The molecule has 0 saturated heterocycles. The Labute approximate surface area is 125 Å². The van der Waals surface area contributed by atoms with Gasteiger partial charge in [0.2, 0.25) is 0 Å². The summed E-state index contributed by atoms with van der Waals surface area (Å²) in [6.07, 6.45) is 3.03. The van der Waals surface area contributed by atoms with E-state index in [1.807, 2.05) is 37.3 Å². The second-order valence-electron chi connectivity index (χ2n) is 5.81. The fraction of sp³-hybridized carbons (Fsp3) is 0.529. The highest BCUT2D eigenvalue weighted by Crippen LogP contribution is 2.42. The lowest BCUT2D eigenvalue weighted by Crippen LogP contribution is -2.37. The van der Waals surface area contributed by atoms with Crippen LogP contribution in [0.15, 0.2) is 30.3 Å². The first-order chi connectivity index (χ1) is 10.1. The van der Waals surface area contributed by atoms with Crippen molar-refractivity contribution in [3.05, 3.63) is 35.9 Å². The van der Waals surface area contributed by atoms with Crippen LogP contribution in [0.4, 0.5) is 0 Å². The van der Waals surface area contributed by atoms with E-state index in [0.717, 1.165) is 5.56 Å². The van der Waals surface area contributed by atoms with Gasteiger partial charge in [-0.1, -0.05) is 37.3 Å². The third-order valence-electron chi connectivity index (χ3n) is 4.61. The number of ether oxygens (including phenoxy) is 1. The molecule has 1 aliphatic rings. The second-order valence-corrected chi connectivity index (χ2v) is 5.81. The van der Waals surface area contributed by atoms with Gasteiger partial charge in [-0.25, -0.2) is 0 Å². The van der Waals surface area contributed by atoms with Crippen LogP contribution in [0.5, 0.6) is 0 Å². The molecular formula is C17H22O4. The zero-order valence-corrected chi connectivity index (χ0v) is 12.4. The van der Waals surface area contributed by atoms with Gasteiger partial charge in [0.25, 0.3) is 0 Å². The van der Waals surface area contributed by atoms with E-state index in [4.69, 9.17) is 9.84 Å². The summed E-state index contributed by atoms with van der Waals surface area (Å²) in [7, 11) is 0. The lowest BCUT2D eigenvalue weighted by molar-refractivity contribution is -0.162. The molecule has 0 aromatic heterocycles. The summed E-state index contributed by atoms with van der Waals surface area (Å²) in [6.45, 7) is 2.26. The number of benzene rings is 1. The second kappa shape index (κ2) is 6.74. The predicted molar refractivity (Wildman–Crippen MR) is 78.6 cm³/mol. The van der Waals surface area contributed by atoms with Crippen LogP contribution in [-0.4, -0.2) is 17.0 Å². The van der Waals surface area contributed by atoms with Crippen LogP contribution < -0.4 is 0 Å². The highest BCUT2D eigenvalue weighted by atomic mass is 16.5. The molecular weight excluding hydrogens is 268 g/mol. The van der Waals surface area contributed by atoms with Crippen LogP contribution in [0.25, 0.3) is 0 Å². The molecule has 0 aliphatic heterocycles. The SMILES string of the molecule is CC[C@]1(C(=O)OCc2ccccc2)CC[C@@H](C(=O)O)CC1. The summed E-state index contributed by atoms with van der Waals surface area (Å²) in [4.78, 5) is 23.4. The Morgan fingerprint density at radius 3 is 2.38 bits per heavy atom. The van der Waals surface area contributed by atoms with Gasteiger partial charge in [0.15, 0.2) is 0 Å². The van der Waals surface area contributed by atoms with Gasteiger partial charge in [0, 0.05) is 0 Å². The molecule has 1 fully saturated rings. The molecule has 0 atom stereocenters. The zero-order chi connectivity index (χ0) is 15.3. The first-order valence-corrected chi connectivity index (χ1v) is 7.51. The topological polar surface area (TPSA) is 63.6 Å². The van der Waals surface area contributed by atoms with Gasteiger partial charge in [0.1, 0.15) is 6.61 Å². The van der Waals surface area contributed by atoms with Gasteiger partial charge < -0.3 is 9.84 Å². The van der Waals surface area contributed by atoms with Crippen molar-refractivity contribution in [2.24, 2.45) is 11.3 Å². The van der Waals surface area contributed by atoms with Crippen molar-refractivity contribution in [3.8, 4) is 0 Å². The van der Waals surface area contributed by atoms with E-state index in [9.17, 15) is 9.59 Å². The third-order valence-corrected chi connectivity index (χ3v) is 4.61. The van der Waals surface area contributed by atoms with Crippen molar-refractivity contribution in [2.45, 2.75) is 45.6 Å². The molecule has 4 nitrogen and oxygen atoms in total. The van der Waals surface area contributed by atoms with Gasteiger partial charge in [-0.3, -0.25) is 9.59 Å². The number of carboxylic acids is 1. The van der Waals surface area contributed by atoms with Crippen molar-refractivity contribution in [2.75, 3.05) is 0 Å². The summed E-state index contributed by atoms with van der Waals surface area (Å²) < 4.78 is 5.47. The van der Waals surface area contributed by atoms with Gasteiger partial charge >= 0.3 is 11.9 Å². The van der Waals surface area contributed by atoms with E-state index in [0.29, 0.717) is 32.1 Å². The lowest BCUT2D eigenvalue weighted by Gasteiger charge is -2.36. The molecule has 1 saturated carbocycles. The van der Waals surface area contributed by atoms with Crippen LogP contribution in [0, 0.1) is 11.3 Å². The van der Waals surface area contributed by atoms with Gasteiger partial charge in [0.05, 0.1) is 11.3 Å². The van der Waals surface area contributed by atoms with E-state index in [1.54, 1.807) is 0 Å². The molecule has 114 valence electrons. The molecule has 1 aromatic rings. The Morgan fingerprint density at radius 2 is 1.86 bits per heavy atom. The fourth-order valence-electron chi connectivity index (χ4n) is 3.00. The van der Waals surface area contributed by atoms with E-state index >= 15 is 0 Å². The number of aliphatic carboxylic acids is 1. The summed E-state index contributed by atoms with van der Waals surface area (Å²) >= 11 is 0. The zero-order valence-electron chi connectivity index (χ0n) is 12.4. The quantitative estimate of drug-likeness (QED) is 0.844. The molecule has 0 bridgehead atoms. The first kappa shape index (κ1) is 15.5. The van der Waals surface area contributed by atoms with E-state index in [1.165, 1.54) is 0 Å². The van der Waals surface area contributed by atoms with Crippen LogP contribution in [0.3, 0.4) is 0 Å². The average Bonchev–Trinajstić information content (AvgIpc) is 2.53. The molecule has 0 radical (unpaired) electrons. The highest BCUT2D eigenvalue weighted by molar-refractivity contribution is 5.78. The minimum atomic E-state index is -0.752. The van der Waals surface area contributed by atoms with Crippen LogP contribution in [-0.2, 0) is 20.9 Å². The Hall–Kier alpha value is -1.84. The Kier molecular flexibility index (Phi) is 4.99. The number of rotatable bonds is 5. The number of hydrogen-bond acceptors (Lipinski definition) is 3. The van der Waals surface area contributed by atoms with Crippen LogP contribution in [0.1, 0.15) is 44.6 Å². The average molecular weight is 290 g/mol. The number of carbonyl (C=O) groups excluding carboxylic acids is 1. The molecule has 0 heterocycles. The molecule has 0 spiro atoms. The number of esters is 1. The minimum absolute atomic E-state index is 0.183. The lowest BCUT2D eigenvalue weighted by atomic mass is 9.69. The molecule has 2 rings (SSSR count). The van der Waals surface area contributed by atoms with Crippen LogP contribution in [0.2, 0.25) is 0 Å². The number of carbonyl (C=O) groups is 2. The largest absolute Gasteiger partial charge is 0.481 e. The monoisotopic (exact) mass is 290 g/mol. The van der Waals surface area contributed by atoms with Crippen molar-refractivity contribution < 1.29 is 19.4 Å². The molecule has 0 amide bonds. The van der Waals surface area contributed by atoms with Crippen molar-refractivity contribution in [1.82, 2.24) is 0 Å². The summed E-state index contributed by atoms with van der Waals surface area (Å²) in [5, 5.41) is 9.06. The van der Waals surface area contributed by atoms with Crippen molar-refractivity contribution in [1.29, 1.82) is 0 Å². The molecule has 1 aromatic carbocycles. The summed E-state index contributed by atoms with van der Waals surface area (Å²) in [5.41, 5.74) is 0.470. The molecule has 1 N–H and O–H groups in total. The molecule has 4 heteroatoms. The third kappa shape index (κ3) is 3.63. The normalized spacial score (nSPS) is 25.3. The number of hydrogen-bond donors (Lipinski definition) is 1. The maximum absolute atomic E-state index is 12.4. The van der Waals surface area contributed by atoms with Crippen LogP contribution >= 0.6 is 0 Å². The maximum atomic E-state index is 12.4.